The smallest absolute Gasteiger partial charge is 0.335 e. The lowest BCUT2D eigenvalue weighted by atomic mass is 10.0. The number of methoxy groups -OCH3 is 1. The maximum absolute atomic E-state index is 12.6. The molecule has 0 radical (unpaired) electrons. The molecule has 0 aromatic heterocycles. The van der Waals surface area contributed by atoms with E-state index in [1.165, 1.54) is 7.11 Å². The maximum atomic E-state index is 12.6. The number of hydrogen-bond donors (Lipinski definition) is 1. The molecule has 0 saturated carbocycles. The fourth-order valence-corrected chi connectivity index (χ4v) is 2.39. The molecule has 1 aliphatic heterocycles. The average molecular weight is 277 g/mol. The number of nitrogens with zero attached hydrogens (tertiary/aromatic N) is 1. The Morgan fingerprint density at radius 3 is 2.70 bits per heavy atom. The molecule has 5 nitrogen and oxygen atoms in total. The summed E-state index contributed by atoms with van der Waals surface area (Å²) in [6.45, 7) is 4.22. The van der Waals surface area contributed by atoms with E-state index in [9.17, 15) is 9.59 Å². The van der Waals surface area contributed by atoms with Crippen LogP contribution in [0.4, 0.5) is 5.69 Å². The summed E-state index contributed by atoms with van der Waals surface area (Å²) in [4.78, 5) is 25.3. The van der Waals surface area contributed by atoms with Gasteiger partial charge < -0.3 is 14.7 Å². The molecule has 0 saturated heterocycles. The fourth-order valence-electron chi connectivity index (χ4n) is 2.39. The van der Waals surface area contributed by atoms with Crippen molar-refractivity contribution in [1.82, 2.24) is 0 Å². The van der Waals surface area contributed by atoms with Crippen molar-refractivity contribution in [3.05, 3.63) is 29.3 Å². The topological polar surface area (TPSA) is 66.8 Å². The number of fused-ring (bicyclic) bond motifs is 1. The number of amides is 1. The summed E-state index contributed by atoms with van der Waals surface area (Å²) in [5, 5.41) is 9.07. The summed E-state index contributed by atoms with van der Waals surface area (Å²) in [5.41, 5.74) is 1.00. The zero-order chi connectivity index (χ0) is 14.9. The Labute approximate surface area is 118 Å². The fraction of sp³-hybridized carbons (Fsp3) is 0.467. The second kappa shape index (κ2) is 5.25. The lowest BCUT2D eigenvalue weighted by Gasteiger charge is -2.30. The van der Waals surface area contributed by atoms with Crippen molar-refractivity contribution >= 4 is 17.6 Å². The third kappa shape index (κ3) is 2.29. The third-order valence-electron chi connectivity index (χ3n) is 4.05. The van der Waals surface area contributed by atoms with Crippen LogP contribution >= 0.6 is 0 Å². The Bertz CT molecular complexity index is 549. The second-order valence-corrected chi connectivity index (χ2v) is 5.14. The molecular weight excluding hydrogens is 258 g/mol. The summed E-state index contributed by atoms with van der Waals surface area (Å²) in [6.07, 6.45) is 1.30. The van der Waals surface area contributed by atoms with Gasteiger partial charge in [0, 0.05) is 19.3 Å². The van der Waals surface area contributed by atoms with E-state index in [2.05, 4.69) is 0 Å². The lowest BCUT2D eigenvalue weighted by Crippen LogP contribution is -2.47. The highest BCUT2D eigenvalue weighted by Gasteiger charge is 2.38. The number of aromatic carboxylic acids is 1. The van der Waals surface area contributed by atoms with Crippen molar-refractivity contribution in [2.75, 3.05) is 18.6 Å². The number of carboxylic acids is 1. The highest BCUT2D eigenvalue weighted by Crippen LogP contribution is 2.32. The van der Waals surface area contributed by atoms with Gasteiger partial charge in [-0.3, -0.25) is 4.79 Å². The third-order valence-corrected chi connectivity index (χ3v) is 4.05. The lowest BCUT2D eigenvalue weighted by molar-refractivity contribution is -0.138. The van der Waals surface area contributed by atoms with E-state index in [1.54, 1.807) is 30.0 Å². The molecular formula is C15H19NO4. The van der Waals surface area contributed by atoms with Crippen LogP contribution < -0.4 is 4.90 Å². The van der Waals surface area contributed by atoms with Gasteiger partial charge in [0.05, 0.1) is 5.56 Å². The first-order valence-electron chi connectivity index (χ1n) is 6.66. The van der Waals surface area contributed by atoms with Gasteiger partial charge in [-0.05, 0) is 37.5 Å². The number of carboxylic acid groups (broad SMARTS) is 1. The van der Waals surface area contributed by atoms with Gasteiger partial charge in [0.15, 0.2) is 0 Å². The van der Waals surface area contributed by atoms with Crippen molar-refractivity contribution in [1.29, 1.82) is 0 Å². The van der Waals surface area contributed by atoms with Gasteiger partial charge >= 0.3 is 5.97 Å². The number of carbonyl (C=O) groups excluding carboxylic acids is 1. The number of anilines is 1. The minimum Gasteiger partial charge on any atom is -0.478 e. The molecule has 20 heavy (non-hydrogen) atoms. The summed E-state index contributed by atoms with van der Waals surface area (Å²) in [5.74, 6) is -1.11. The van der Waals surface area contributed by atoms with E-state index in [0.717, 1.165) is 12.0 Å². The molecule has 1 aromatic carbocycles. The zero-order valence-corrected chi connectivity index (χ0v) is 12.0. The minimum absolute atomic E-state index is 0.121. The van der Waals surface area contributed by atoms with Gasteiger partial charge in [0.2, 0.25) is 0 Å². The summed E-state index contributed by atoms with van der Waals surface area (Å²) in [7, 11) is 1.52. The summed E-state index contributed by atoms with van der Waals surface area (Å²) < 4.78 is 5.35. The van der Waals surface area contributed by atoms with Gasteiger partial charge in [-0.2, -0.15) is 0 Å². The van der Waals surface area contributed by atoms with E-state index in [1.807, 2.05) is 6.92 Å². The van der Waals surface area contributed by atoms with Crippen LogP contribution in [0.25, 0.3) is 0 Å². The van der Waals surface area contributed by atoms with Crippen molar-refractivity contribution in [2.45, 2.75) is 32.3 Å². The standard InChI is InChI=1S/C15H19NO4/c1-4-15(2,20-3)14(19)16-8-7-10-5-6-11(13(17)18)9-12(10)16/h5-6,9H,4,7-8H2,1-3H3,(H,17,18). The molecule has 0 fully saturated rings. The Morgan fingerprint density at radius 2 is 2.15 bits per heavy atom. The summed E-state index contributed by atoms with van der Waals surface area (Å²) in [6, 6.07) is 4.92. The number of ether oxygens (including phenoxy) is 1. The van der Waals surface area contributed by atoms with Crippen LogP contribution in [0.2, 0.25) is 0 Å². The van der Waals surface area contributed by atoms with Crippen LogP contribution in [0.1, 0.15) is 36.2 Å². The molecule has 1 heterocycles. The van der Waals surface area contributed by atoms with Gasteiger partial charge in [-0.1, -0.05) is 13.0 Å². The van der Waals surface area contributed by atoms with Crippen LogP contribution in [0.3, 0.4) is 0 Å². The molecule has 1 amide bonds. The van der Waals surface area contributed by atoms with Crippen molar-refractivity contribution in [2.24, 2.45) is 0 Å². The Morgan fingerprint density at radius 1 is 1.45 bits per heavy atom. The SMILES string of the molecule is CCC(C)(OC)C(=O)N1CCc2ccc(C(=O)O)cc21. The molecule has 1 N–H and O–H groups in total. The predicted molar refractivity (Wildman–Crippen MR) is 75.2 cm³/mol. The molecule has 5 heteroatoms. The van der Waals surface area contributed by atoms with Crippen molar-refractivity contribution in [3.63, 3.8) is 0 Å². The van der Waals surface area contributed by atoms with Gasteiger partial charge in [0.25, 0.3) is 5.91 Å². The van der Waals surface area contributed by atoms with E-state index in [-0.39, 0.29) is 11.5 Å². The first-order valence-corrected chi connectivity index (χ1v) is 6.66. The number of carbonyl (C=O) groups is 2. The van der Waals surface area contributed by atoms with Crippen LogP contribution in [0, 0.1) is 0 Å². The van der Waals surface area contributed by atoms with Crippen molar-refractivity contribution in [3.8, 4) is 0 Å². The van der Waals surface area contributed by atoms with Gasteiger partial charge in [-0.25, -0.2) is 4.79 Å². The molecule has 108 valence electrons. The van der Waals surface area contributed by atoms with Gasteiger partial charge in [0.1, 0.15) is 5.60 Å². The number of hydrogen-bond acceptors (Lipinski definition) is 3. The normalized spacial score (nSPS) is 16.6. The first kappa shape index (κ1) is 14.5. The largest absolute Gasteiger partial charge is 0.478 e. The molecule has 1 atom stereocenters. The van der Waals surface area contributed by atoms with Crippen LogP contribution in [-0.2, 0) is 16.0 Å². The molecule has 2 rings (SSSR count). The monoisotopic (exact) mass is 277 g/mol. The predicted octanol–water partition coefficient (Wildman–Crippen LogP) is 2.09. The molecule has 0 aliphatic carbocycles. The van der Waals surface area contributed by atoms with Crippen LogP contribution in [0.15, 0.2) is 18.2 Å². The molecule has 0 bridgehead atoms. The molecule has 0 spiro atoms. The van der Waals surface area contributed by atoms with E-state index in [0.29, 0.717) is 18.7 Å². The quantitative estimate of drug-likeness (QED) is 0.915. The highest BCUT2D eigenvalue weighted by atomic mass is 16.5. The Hall–Kier alpha value is -1.88. The summed E-state index contributed by atoms with van der Waals surface area (Å²) >= 11 is 0. The van der Waals surface area contributed by atoms with Crippen LogP contribution in [0.5, 0.6) is 0 Å². The Balaban J connectivity index is 2.38. The van der Waals surface area contributed by atoms with Crippen LogP contribution in [-0.4, -0.2) is 36.2 Å². The maximum Gasteiger partial charge on any atom is 0.335 e. The zero-order valence-electron chi connectivity index (χ0n) is 12.0. The minimum atomic E-state index is -0.989. The van der Waals surface area contributed by atoms with Gasteiger partial charge in [-0.15, -0.1) is 0 Å². The highest BCUT2D eigenvalue weighted by molar-refractivity contribution is 6.02. The van der Waals surface area contributed by atoms with E-state index >= 15 is 0 Å². The second-order valence-electron chi connectivity index (χ2n) is 5.14. The average Bonchev–Trinajstić information content (AvgIpc) is 2.88. The van der Waals surface area contributed by atoms with E-state index < -0.39 is 11.6 Å². The van der Waals surface area contributed by atoms with Crippen molar-refractivity contribution < 1.29 is 19.4 Å². The molecule has 1 unspecified atom stereocenters. The van der Waals surface area contributed by atoms with E-state index in [4.69, 9.17) is 9.84 Å². The molecule has 1 aromatic rings. The molecule has 1 aliphatic rings. The number of benzene rings is 1. The first-order chi connectivity index (χ1) is 9.42. The number of rotatable bonds is 4. The Kier molecular flexibility index (Phi) is 3.81.